The summed E-state index contributed by atoms with van der Waals surface area (Å²) in [4.78, 5) is 0. The van der Waals surface area contributed by atoms with Crippen LogP contribution in [0.3, 0.4) is 0 Å². The first kappa shape index (κ1) is 10.7. The topological polar surface area (TPSA) is 58.3 Å². The highest BCUT2D eigenvalue weighted by atomic mass is 16.5. The van der Waals surface area contributed by atoms with Crippen molar-refractivity contribution < 1.29 is 9.63 Å². The van der Waals surface area contributed by atoms with Gasteiger partial charge in [0.25, 0.3) is 0 Å². The third kappa shape index (κ3) is 2.23. The first-order chi connectivity index (χ1) is 7.81. The predicted molar refractivity (Wildman–Crippen MR) is 61.2 cm³/mol. The molecule has 0 aliphatic rings. The van der Waals surface area contributed by atoms with Crippen molar-refractivity contribution >= 4 is 0 Å². The van der Waals surface area contributed by atoms with Gasteiger partial charge in [-0.3, -0.25) is 0 Å². The Kier molecular flexibility index (Phi) is 3.22. The minimum absolute atomic E-state index is 0.261. The van der Waals surface area contributed by atoms with Gasteiger partial charge in [-0.25, -0.2) is 0 Å². The average Bonchev–Trinajstić information content (AvgIpc) is 2.75. The van der Waals surface area contributed by atoms with Gasteiger partial charge < -0.3 is 14.9 Å². The van der Waals surface area contributed by atoms with Gasteiger partial charge in [-0.2, -0.15) is 0 Å². The zero-order chi connectivity index (χ0) is 11.4. The number of phenolic OH excluding ortho intramolecular Hbond substituents is 1. The molecule has 0 bridgehead atoms. The second-order valence-corrected chi connectivity index (χ2v) is 3.56. The lowest BCUT2D eigenvalue weighted by Gasteiger charge is -2.01. The molecule has 1 aromatic heterocycles. The van der Waals surface area contributed by atoms with Crippen molar-refractivity contribution in [2.24, 2.45) is 0 Å². The summed E-state index contributed by atoms with van der Waals surface area (Å²) in [6, 6.07) is 7.02. The van der Waals surface area contributed by atoms with Gasteiger partial charge in [0.2, 0.25) is 0 Å². The summed E-state index contributed by atoms with van der Waals surface area (Å²) in [7, 11) is 1.90. The van der Waals surface area contributed by atoms with Crippen LogP contribution in [0.5, 0.6) is 5.75 Å². The quantitative estimate of drug-likeness (QED) is 0.821. The standard InChI is InChI=1S/C12H14N2O2/c1-13-7-6-12-11(8-14-16-12)9-2-4-10(15)5-3-9/h2-5,8,13,15H,6-7H2,1H3. The van der Waals surface area contributed by atoms with Crippen LogP contribution in [0, 0.1) is 0 Å². The Bertz CT molecular complexity index is 448. The zero-order valence-corrected chi connectivity index (χ0v) is 9.10. The maximum Gasteiger partial charge on any atom is 0.145 e. The summed E-state index contributed by atoms with van der Waals surface area (Å²) in [5, 5.41) is 16.1. The summed E-state index contributed by atoms with van der Waals surface area (Å²) in [5.41, 5.74) is 1.99. The van der Waals surface area contributed by atoms with Crippen LogP contribution < -0.4 is 5.32 Å². The van der Waals surface area contributed by atoms with E-state index in [9.17, 15) is 5.11 Å². The van der Waals surface area contributed by atoms with E-state index in [1.165, 1.54) is 0 Å². The predicted octanol–water partition coefficient (Wildman–Crippen LogP) is 1.81. The van der Waals surface area contributed by atoms with Gasteiger partial charge in [-0.15, -0.1) is 0 Å². The van der Waals surface area contributed by atoms with E-state index < -0.39 is 0 Å². The molecule has 2 N–H and O–H groups in total. The Balaban J connectivity index is 2.26. The van der Waals surface area contributed by atoms with Gasteiger partial charge in [-0.05, 0) is 24.7 Å². The molecule has 4 nitrogen and oxygen atoms in total. The number of nitrogens with zero attached hydrogens (tertiary/aromatic N) is 1. The molecule has 0 saturated heterocycles. The summed E-state index contributed by atoms with van der Waals surface area (Å²) in [6.45, 7) is 0.847. The molecule has 1 aromatic carbocycles. The van der Waals surface area contributed by atoms with E-state index in [0.717, 1.165) is 29.9 Å². The molecule has 2 aromatic rings. The van der Waals surface area contributed by atoms with Crippen LogP contribution in [0.15, 0.2) is 35.0 Å². The SMILES string of the molecule is CNCCc1oncc1-c1ccc(O)cc1. The van der Waals surface area contributed by atoms with Gasteiger partial charge in [0, 0.05) is 18.5 Å². The lowest BCUT2D eigenvalue weighted by Crippen LogP contribution is -2.10. The van der Waals surface area contributed by atoms with Crippen LogP contribution in [-0.2, 0) is 6.42 Å². The number of hydrogen-bond donors (Lipinski definition) is 2. The molecule has 0 fully saturated rings. The Morgan fingerprint density at radius 1 is 1.31 bits per heavy atom. The van der Waals surface area contributed by atoms with E-state index in [1.807, 2.05) is 19.2 Å². The number of benzene rings is 1. The first-order valence-electron chi connectivity index (χ1n) is 5.19. The Labute approximate surface area is 93.9 Å². The van der Waals surface area contributed by atoms with Crippen molar-refractivity contribution in [2.75, 3.05) is 13.6 Å². The molecule has 0 unspecified atom stereocenters. The van der Waals surface area contributed by atoms with Crippen molar-refractivity contribution in [1.82, 2.24) is 10.5 Å². The lowest BCUT2D eigenvalue weighted by molar-refractivity contribution is 0.382. The summed E-state index contributed by atoms with van der Waals surface area (Å²) in [5.74, 6) is 1.12. The number of nitrogens with one attached hydrogen (secondary N) is 1. The molecule has 0 amide bonds. The summed E-state index contributed by atoms with van der Waals surface area (Å²) < 4.78 is 5.20. The largest absolute Gasteiger partial charge is 0.508 e. The monoisotopic (exact) mass is 218 g/mol. The lowest BCUT2D eigenvalue weighted by atomic mass is 10.1. The molecule has 1 heterocycles. The molecule has 0 spiro atoms. The number of phenols is 1. The van der Waals surface area contributed by atoms with Crippen LogP contribution in [0.1, 0.15) is 5.76 Å². The fourth-order valence-electron chi connectivity index (χ4n) is 1.56. The first-order valence-corrected chi connectivity index (χ1v) is 5.19. The van der Waals surface area contributed by atoms with Crippen LogP contribution >= 0.6 is 0 Å². The third-order valence-corrected chi connectivity index (χ3v) is 2.43. The van der Waals surface area contributed by atoms with Crippen LogP contribution in [0.25, 0.3) is 11.1 Å². The number of aromatic nitrogens is 1. The van der Waals surface area contributed by atoms with Gasteiger partial charge in [-0.1, -0.05) is 17.3 Å². The molecule has 0 saturated carbocycles. The number of hydrogen-bond acceptors (Lipinski definition) is 4. The molecule has 4 heteroatoms. The van der Waals surface area contributed by atoms with E-state index in [1.54, 1.807) is 18.3 Å². The fraction of sp³-hybridized carbons (Fsp3) is 0.250. The van der Waals surface area contributed by atoms with Crippen LogP contribution in [-0.4, -0.2) is 23.9 Å². The summed E-state index contributed by atoms with van der Waals surface area (Å²) >= 11 is 0. The van der Waals surface area contributed by atoms with E-state index in [2.05, 4.69) is 10.5 Å². The maximum atomic E-state index is 9.22. The normalized spacial score (nSPS) is 10.6. The Morgan fingerprint density at radius 2 is 2.06 bits per heavy atom. The molecule has 0 radical (unpaired) electrons. The van der Waals surface area contributed by atoms with Crippen LogP contribution in [0.4, 0.5) is 0 Å². The second-order valence-electron chi connectivity index (χ2n) is 3.56. The molecule has 2 rings (SSSR count). The zero-order valence-electron chi connectivity index (χ0n) is 9.10. The third-order valence-electron chi connectivity index (χ3n) is 2.43. The van der Waals surface area contributed by atoms with Crippen molar-refractivity contribution in [1.29, 1.82) is 0 Å². The fourth-order valence-corrected chi connectivity index (χ4v) is 1.56. The van der Waals surface area contributed by atoms with Crippen molar-refractivity contribution in [3.63, 3.8) is 0 Å². The molecule has 16 heavy (non-hydrogen) atoms. The smallest absolute Gasteiger partial charge is 0.145 e. The Hall–Kier alpha value is -1.81. The van der Waals surface area contributed by atoms with E-state index >= 15 is 0 Å². The Morgan fingerprint density at radius 3 is 2.75 bits per heavy atom. The van der Waals surface area contributed by atoms with Crippen molar-refractivity contribution in [2.45, 2.75) is 6.42 Å². The van der Waals surface area contributed by atoms with E-state index in [4.69, 9.17) is 4.52 Å². The molecule has 84 valence electrons. The van der Waals surface area contributed by atoms with Gasteiger partial charge >= 0.3 is 0 Å². The maximum absolute atomic E-state index is 9.22. The van der Waals surface area contributed by atoms with E-state index in [0.29, 0.717) is 0 Å². The summed E-state index contributed by atoms with van der Waals surface area (Å²) in [6.07, 6.45) is 2.50. The highest BCUT2D eigenvalue weighted by Gasteiger charge is 2.09. The molecule has 0 atom stereocenters. The van der Waals surface area contributed by atoms with Gasteiger partial charge in [0.15, 0.2) is 0 Å². The number of aromatic hydroxyl groups is 1. The average molecular weight is 218 g/mol. The molecule has 0 aliphatic heterocycles. The highest BCUT2D eigenvalue weighted by Crippen LogP contribution is 2.25. The van der Waals surface area contributed by atoms with Crippen molar-refractivity contribution in [3.8, 4) is 16.9 Å². The highest BCUT2D eigenvalue weighted by molar-refractivity contribution is 5.65. The van der Waals surface area contributed by atoms with Gasteiger partial charge in [0.05, 0.1) is 6.20 Å². The number of likely N-dealkylation sites (N-methyl/N-ethyl adjacent to an activating group) is 1. The molecular formula is C12H14N2O2. The molecular weight excluding hydrogens is 204 g/mol. The minimum atomic E-state index is 0.261. The van der Waals surface area contributed by atoms with Crippen molar-refractivity contribution in [3.05, 3.63) is 36.2 Å². The molecule has 0 aliphatic carbocycles. The van der Waals surface area contributed by atoms with Crippen LogP contribution in [0.2, 0.25) is 0 Å². The van der Waals surface area contributed by atoms with E-state index in [-0.39, 0.29) is 5.75 Å². The number of rotatable bonds is 4. The second kappa shape index (κ2) is 4.81. The minimum Gasteiger partial charge on any atom is -0.508 e. The van der Waals surface area contributed by atoms with Gasteiger partial charge in [0.1, 0.15) is 11.5 Å².